The predicted octanol–water partition coefficient (Wildman–Crippen LogP) is 1.93. The second-order valence-corrected chi connectivity index (χ2v) is 4.61. The van der Waals surface area contributed by atoms with E-state index in [0.29, 0.717) is 5.56 Å². The van der Waals surface area contributed by atoms with E-state index < -0.39 is 0 Å². The number of nitrogens with one attached hydrogen (secondary N) is 2. The summed E-state index contributed by atoms with van der Waals surface area (Å²) < 4.78 is 0. The molecule has 1 aromatic heterocycles. The van der Waals surface area contributed by atoms with Crippen LogP contribution >= 0.6 is 23.2 Å². The van der Waals surface area contributed by atoms with E-state index in [2.05, 4.69) is 25.7 Å². The zero-order valence-corrected chi connectivity index (χ0v) is 11.7. The van der Waals surface area contributed by atoms with Gasteiger partial charge >= 0.3 is 0 Å². The van der Waals surface area contributed by atoms with Gasteiger partial charge in [-0.15, -0.1) is 10.2 Å². The van der Waals surface area contributed by atoms with Gasteiger partial charge in [-0.25, -0.2) is 5.43 Å². The highest BCUT2D eigenvalue weighted by molar-refractivity contribution is 6.37. The van der Waals surface area contributed by atoms with E-state index in [4.69, 9.17) is 23.2 Å². The number of hydrogen-bond acceptors (Lipinski definition) is 6. The van der Waals surface area contributed by atoms with E-state index in [1.165, 1.54) is 18.3 Å². The number of benzene rings is 1. The van der Waals surface area contributed by atoms with E-state index in [1.807, 2.05) is 0 Å². The number of phenolic OH excluding ortho intramolecular Hbond substituents is 1. The fraction of sp³-hybridized carbons (Fsp3) is 0.0909. The van der Waals surface area contributed by atoms with Gasteiger partial charge < -0.3 is 5.11 Å². The van der Waals surface area contributed by atoms with Crippen LogP contribution in [0.15, 0.2) is 22.0 Å². The molecule has 0 amide bonds. The van der Waals surface area contributed by atoms with Crippen molar-refractivity contribution in [2.75, 3.05) is 5.43 Å². The second kappa shape index (κ2) is 5.89. The molecule has 1 aromatic carbocycles. The Morgan fingerprint density at radius 2 is 2.00 bits per heavy atom. The summed E-state index contributed by atoms with van der Waals surface area (Å²) in [6.45, 7) is 1.54. The van der Waals surface area contributed by atoms with Gasteiger partial charge in [-0.1, -0.05) is 23.2 Å². The molecule has 104 valence electrons. The molecular weight excluding hydrogens is 305 g/mol. The van der Waals surface area contributed by atoms with Crippen LogP contribution in [0, 0.1) is 6.92 Å². The first-order valence-corrected chi connectivity index (χ1v) is 6.13. The van der Waals surface area contributed by atoms with Crippen LogP contribution in [0.25, 0.3) is 0 Å². The number of anilines is 1. The molecule has 20 heavy (non-hydrogen) atoms. The minimum absolute atomic E-state index is 0.104. The Labute approximate surface area is 123 Å². The lowest BCUT2D eigenvalue weighted by atomic mass is 10.2. The zero-order valence-electron chi connectivity index (χ0n) is 10.2. The number of H-pyrrole nitrogens is 1. The molecule has 0 saturated carbocycles. The van der Waals surface area contributed by atoms with Gasteiger partial charge in [-0.05, 0) is 24.6 Å². The van der Waals surface area contributed by atoms with Gasteiger partial charge in [-0.3, -0.25) is 9.78 Å². The maximum absolute atomic E-state index is 11.3. The van der Waals surface area contributed by atoms with Crippen molar-refractivity contribution in [3.63, 3.8) is 0 Å². The van der Waals surface area contributed by atoms with Gasteiger partial charge in [0.2, 0.25) is 5.95 Å². The molecule has 9 heteroatoms. The molecular formula is C11H9Cl2N5O2. The molecule has 7 nitrogen and oxygen atoms in total. The zero-order chi connectivity index (χ0) is 14.7. The average Bonchev–Trinajstić information content (AvgIpc) is 2.40. The van der Waals surface area contributed by atoms with Crippen LogP contribution in [-0.2, 0) is 0 Å². The van der Waals surface area contributed by atoms with E-state index in [-0.39, 0.29) is 33.0 Å². The highest BCUT2D eigenvalue weighted by atomic mass is 35.5. The van der Waals surface area contributed by atoms with Crippen LogP contribution < -0.4 is 11.0 Å². The fourth-order valence-corrected chi connectivity index (χ4v) is 1.78. The minimum atomic E-state index is -0.353. The van der Waals surface area contributed by atoms with Gasteiger partial charge in [0, 0.05) is 0 Å². The number of nitrogens with zero attached hydrogens (tertiary/aromatic N) is 3. The summed E-state index contributed by atoms with van der Waals surface area (Å²) in [6.07, 6.45) is 1.40. The topological polar surface area (TPSA) is 103 Å². The summed E-state index contributed by atoms with van der Waals surface area (Å²) in [7, 11) is 0. The van der Waals surface area contributed by atoms with Gasteiger partial charge in [0.25, 0.3) is 5.56 Å². The van der Waals surface area contributed by atoms with E-state index >= 15 is 0 Å². The molecule has 0 aliphatic heterocycles. The molecule has 0 aliphatic carbocycles. The maximum Gasteiger partial charge on any atom is 0.274 e. The van der Waals surface area contributed by atoms with Gasteiger partial charge in [0.15, 0.2) is 5.75 Å². The van der Waals surface area contributed by atoms with Crippen LogP contribution in [0.1, 0.15) is 11.3 Å². The van der Waals surface area contributed by atoms with E-state index in [1.54, 1.807) is 6.92 Å². The Bertz CT molecular complexity index is 706. The van der Waals surface area contributed by atoms with Gasteiger partial charge in [0.05, 0.1) is 16.3 Å². The highest BCUT2D eigenvalue weighted by Gasteiger charge is 2.05. The predicted molar refractivity (Wildman–Crippen MR) is 76.7 cm³/mol. The minimum Gasteiger partial charge on any atom is -0.505 e. The molecule has 0 radical (unpaired) electrons. The van der Waals surface area contributed by atoms with Gasteiger partial charge in [0.1, 0.15) is 5.69 Å². The third-order valence-corrected chi connectivity index (χ3v) is 2.86. The molecule has 2 aromatic rings. The Morgan fingerprint density at radius 3 is 2.60 bits per heavy atom. The van der Waals surface area contributed by atoms with Crippen molar-refractivity contribution in [2.24, 2.45) is 5.10 Å². The summed E-state index contributed by atoms with van der Waals surface area (Å²) in [5.41, 5.74) is 2.98. The lowest BCUT2D eigenvalue weighted by Crippen LogP contribution is -2.15. The summed E-state index contributed by atoms with van der Waals surface area (Å²) in [5.74, 6) is -0.0833. The molecule has 0 fully saturated rings. The summed E-state index contributed by atoms with van der Waals surface area (Å²) in [5, 5.41) is 20.8. The third kappa shape index (κ3) is 3.25. The van der Waals surface area contributed by atoms with Crippen molar-refractivity contribution in [1.82, 2.24) is 15.2 Å². The number of hydrazone groups is 1. The molecule has 1 heterocycles. The molecule has 0 aliphatic rings. The molecule has 3 N–H and O–H groups in total. The fourth-order valence-electron chi connectivity index (χ4n) is 1.27. The number of aromatic nitrogens is 3. The Kier molecular flexibility index (Phi) is 4.21. The molecule has 0 spiro atoms. The van der Waals surface area contributed by atoms with Crippen LogP contribution in [0.3, 0.4) is 0 Å². The SMILES string of the molecule is Cc1nnc(N/N=C/c2cc(Cl)c(O)c(Cl)c2)[nH]c1=O. The monoisotopic (exact) mass is 313 g/mol. The largest absolute Gasteiger partial charge is 0.505 e. The molecule has 2 rings (SSSR count). The third-order valence-electron chi connectivity index (χ3n) is 2.28. The first-order valence-electron chi connectivity index (χ1n) is 5.38. The lowest BCUT2D eigenvalue weighted by molar-refractivity contribution is 0.476. The molecule has 0 atom stereocenters. The van der Waals surface area contributed by atoms with Crippen LogP contribution in [0.2, 0.25) is 10.0 Å². The van der Waals surface area contributed by atoms with Crippen molar-refractivity contribution in [2.45, 2.75) is 6.92 Å². The smallest absolute Gasteiger partial charge is 0.274 e. The molecule has 0 bridgehead atoms. The normalized spacial score (nSPS) is 10.9. The standard InChI is InChI=1S/C11H9Cl2N5O2/c1-5-10(20)15-11(18-16-5)17-14-4-6-2-7(12)9(19)8(13)3-6/h2-4,19H,1H3,(H2,15,17,18,20)/b14-4+. The van der Waals surface area contributed by atoms with E-state index in [9.17, 15) is 9.90 Å². The van der Waals surface area contributed by atoms with Crippen LogP contribution in [0.4, 0.5) is 5.95 Å². The first kappa shape index (κ1) is 14.3. The first-order chi connectivity index (χ1) is 9.47. The summed E-state index contributed by atoms with van der Waals surface area (Å²) in [6, 6.07) is 2.97. The Balaban J connectivity index is 2.14. The number of hydrogen-bond donors (Lipinski definition) is 3. The quantitative estimate of drug-likeness (QED) is 0.593. The molecule has 0 unspecified atom stereocenters. The van der Waals surface area contributed by atoms with Crippen molar-refractivity contribution < 1.29 is 5.11 Å². The Morgan fingerprint density at radius 1 is 1.35 bits per heavy atom. The van der Waals surface area contributed by atoms with Gasteiger partial charge in [-0.2, -0.15) is 5.10 Å². The number of halogens is 2. The van der Waals surface area contributed by atoms with Crippen molar-refractivity contribution >= 4 is 35.4 Å². The summed E-state index contributed by atoms with van der Waals surface area (Å²) in [4.78, 5) is 13.7. The number of aromatic hydroxyl groups is 1. The average molecular weight is 314 g/mol. The highest BCUT2D eigenvalue weighted by Crippen LogP contribution is 2.32. The maximum atomic E-state index is 11.3. The van der Waals surface area contributed by atoms with Crippen molar-refractivity contribution in [3.8, 4) is 5.75 Å². The Hall–Kier alpha value is -2.12. The number of phenols is 1. The van der Waals surface area contributed by atoms with Crippen LogP contribution in [0.5, 0.6) is 5.75 Å². The van der Waals surface area contributed by atoms with Crippen molar-refractivity contribution in [3.05, 3.63) is 43.8 Å². The van der Waals surface area contributed by atoms with Crippen LogP contribution in [-0.4, -0.2) is 26.5 Å². The number of aryl methyl sites for hydroxylation is 1. The number of aromatic amines is 1. The number of rotatable bonds is 3. The second-order valence-electron chi connectivity index (χ2n) is 3.79. The lowest BCUT2D eigenvalue weighted by Gasteiger charge is -2.01. The van der Waals surface area contributed by atoms with Crippen molar-refractivity contribution in [1.29, 1.82) is 0 Å². The van der Waals surface area contributed by atoms with E-state index in [0.717, 1.165) is 0 Å². The molecule has 0 saturated heterocycles. The summed E-state index contributed by atoms with van der Waals surface area (Å²) >= 11 is 11.5.